The molecule has 3 aromatic rings. The third-order valence-corrected chi connectivity index (χ3v) is 5.24. The molecule has 0 spiro atoms. The van der Waals surface area contributed by atoms with Crippen LogP contribution >= 0.6 is 34.5 Å². The van der Waals surface area contributed by atoms with Crippen LogP contribution in [-0.2, 0) is 13.2 Å². The van der Waals surface area contributed by atoms with Crippen molar-refractivity contribution >= 4 is 40.4 Å². The van der Waals surface area contributed by atoms with Crippen molar-refractivity contribution in [3.05, 3.63) is 68.1 Å². The zero-order valence-corrected chi connectivity index (χ0v) is 16.4. The average molecular weight is 410 g/mol. The van der Waals surface area contributed by atoms with Crippen LogP contribution in [0.4, 0.5) is 0 Å². The maximum Gasteiger partial charge on any atom is 0.261 e. The number of nitrogens with one attached hydrogen (secondary N) is 1. The Morgan fingerprint density at radius 2 is 2.19 bits per heavy atom. The quantitative estimate of drug-likeness (QED) is 0.621. The second-order valence-corrected chi connectivity index (χ2v) is 7.45. The van der Waals surface area contributed by atoms with E-state index in [-0.39, 0.29) is 5.91 Å². The molecule has 0 fully saturated rings. The van der Waals surface area contributed by atoms with E-state index in [2.05, 4.69) is 10.4 Å². The maximum absolute atomic E-state index is 12.2. The molecule has 1 N–H and O–H groups in total. The van der Waals surface area contributed by atoms with E-state index in [1.165, 1.54) is 11.3 Å². The molecule has 0 atom stereocenters. The molecule has 0 bridgehead atoms. The molecule has 0 saturated carbocycles. The largest absolute Gasteiger partial charge is 0.489 e. The maximum atomic E-state index is 12.2. The van der Waals surface area contributed by atoms with Gasteiger partial charge in [-0.2, -0.15) is 5.10 Å². The first-order valence-electron chi connectivity index (χ1n) is 7.94. The zero-order valence-electron chi connectivity index (χ0n) is 14.0. The highest BCUT2D eigenvalue weighted by atomic mass is 35.5. The summed E-state index contributed by atoms with van der Waals surface area (Å²) >= 11 is 13.2. The lowest BCUT2D eigenvalue weighted by Gasteiger charge is -2.06. The summed E-state index contributed by atoms with van der Waals surface area (Å²) in [4.78, 5) is 12.8. The molecule has 0 unspecified atom stereocenters. The van der Waals surface area contributed by atoms with Crippen LogP contribution in [0.25, 0.3) is 0 Å². The van der Waals surface area contributed by atoms with E-state index in [1.54, 1.807) is 17.1 Å². The van der Waals surface area contributed by atoms with Crippen LogP contribution in [0.1, 0.15) is 20.8 Å². The third-order valence-electron chi connectivity index (χ3n) is 3.64. The minimum atomic E-state index is -0.109. The Labute approximate surface area is 165 Å². The van der Waals surface area contributed by atoms with Crippen molar-refractivity contribution in [1.82, 2.24) is 15.1 Å². The molecule has 0 aliphatic heterocycles. The van der Waals surface area contributed by atoms with E-state index in [0.717, 1.165) is 16.9 Å². The number of nitrogens with zero attached hydrogens (tertiary/aromatic N) is 2. The molecule has 8 heteroatoms. The van der Waals surface area contributed by atoms with E-state index in [4.69, 9.17) is 27.9 Å². The standard InChI is InChI=1S/C18H17Cl2N3O2S/c1-12-6-15(2-3-16(12)20)25-10-13-7-17(26-11-13)18(24)21-4-5-23-9-14(19)8-22-23/h2-3,6-9,11H,4-5,10H2,1H3,(H,21,24). The fourth-order valence-electron chi connectivity index (χ4n) is 2.28. The number of aryl methyl sites for hydroxylation is 1. The number of hydrogen-bond acceptors (Lipinski definition) is 4. The van der Waals surface area contributed by atoms with E-state index in [0.29, 0.717) is 34.6 Å². The summed E-state index contributed by atoms with van der Waals surface area (Å²) in [6.45, 7) is 3.37. The fourth-order valence-corrected chi connectivity index (χ4v) is 3.36. The number of benzene rings is 1. The predicted molar refractivity (Wildman–Crippen MR) is 104 cm³/mol. The molecule has 5 nitrogen and oxygen atoms in total. The second kappa shape index (κ2) is 8.58. The highest BCUT2D eigenvalue weighted by Crippen LogP contribution is 2.23. The average Bonchev–Trinajstić information content (AvgIpc) is 3.25. The van der Waals surface area contributed by atoms with E-state index >= 15 is 0 Å². The Balaban J connectivity index is 1.48. The Kier molecular flexibility index (Phi) is 6.19. The molecule has 0 radical (unpaired) electrons. The molecule has 0 saturated heterocycles. The van der Waals surface area contributed by atoms with Gasteiger partial charge in [-0.15, -0.1) is 11.3 Å². The van der Waals surface area contributed by atoms with Crippen molar-refractivity contribution in [2.75, 3.05) is 6.54 Å². The van der Waals surface area contributed by atoms with Crippen LogP contribution in [0.3, 0.4) is 0 Å². The first kappa shape index (κ1) is 18.8. The second-order valence-electron chi connectivity index (χ2n) is 5.70. The van der Waals surface area contributed by atoms with Gasteiger partial charge in [0.15, 0.2) is 0 Å². The lowest BCUT2D eigenvalue weighted by atomic mass is 10.2. The Bertz CT molecular complexity index is 907. The molecule has 3 rings (SSSR count). The third kappa shape index (κ3) is 5.00. The van der Waals surface area contributed by atoms with Gasteiger partial charge in [0.1, 0.15) is 12.4 Å². The lowest BCUT2D eigenvalue weighted by Crippen LogP contribution is -2.26. The van der Waals surface area contributed by atoms with Crippen LogP contribution in [0.2, 0.25) is 10.0 Å². The number of aromatic nitrogens is 2. The summed E-state index contributed by atoms with van der Waals surface area (Å²) < 4.78 is 7.44. The SMILES string of the molecule is Cc1cc(OCc2csc(C(=O)NCCn3cc(Cl)cn3)c2)ccc1Cl. The van der Waals surface area contributed by atoms with Gasteiger partial charge >= 0.3 is 0 Å². The molecule has 2 heterocycles. The molecule has 0 aliphatic carbocycles. The van der Waals surface area contributed by atoms with Gasteiger partial charge in [0, 0.05) is 23.3 Å². The van der Waals surface area contributed by atoms with E-state index < -0.39 is 0 Å². The summed E-state index contributed by atoms with van der Waals surface area (Å²) in [5, 5.41) is 10.1. The molecule has 136 valence electrons. The number of amides is 1. The number of carbonyl (C=O) groups excluding carboxylic acids is 1. The smallest absolute Gasteiger partial charge is 0.261 e. The van der Waals surface area contributed by atoms with Gasteiger partial charge in [-0.05, 0) is 42.1 Å². The topological polar surface area (TPSA) is 56.1 Å². The van der Waals surface area contributed by atoms with Gasteiger partial charge in [0.2, 0.25) is 0 Å². The molecule has 1 aromatic carbocycles. The van der Waals surface area contributed by atoms with Crippen molar-refractivity contribution in [3.8, 4) is 5.75 Å². The molecular weight excluding hydrogens is 393 g/mol. The highest BCUT2D eigenvalue weighted by molar-refractivity contribution is 7.12. The summed E-state index contributed by atoms with van der Waals surface area (Å²) in [6, 6.07) is 7.37. The van der Waals surface area contributed by atoms with Crippen molar-refractivity contribution in [2.45, 2.75) is 20.1 Å². The van der Waals surface area contributed by atoms with Gasteiger partial charge in [0.25, 0.3) is 5.91 Å². The number of hydrogen-bond donors (Lipinski definition) is 1. The first-order valence-corrected chi connectivity index (χ1v) is 9.57. The van der Waals surface area contributed by atoms with Crippen LogP contribution in [0, 0.1) is 6.92 Å². The van der Waals surface area contributed by atoms with Gasteiger partial charge < -0.3 is 10.1 Å². The van der Waals surface area contributed by atoms with Crippen LogP contribution in [0.5, 0.6) is 5.75 Å². The summed E-state index contributed by atoms with van der Waals surface area (Å²) in [5.74, 6) is 0.642. The summed E-state index contributed by atoms with van der Waals surface area (Å²) in [6.07, 6.45) is 3.28. The van der Waals surface area contributed by atoms with E-state index in [1.807, 2.05) is 36.6 Å². The molecule has 1 amide bonds. The van der Waals surface area contributed by atoms with Gasteiger partial charge in [-0.3, -0.25) is 9.48 Å². The van der Waals surface area contributed by atoms with Crippen LogP contribution < -0.4 is 10.1 Å². The number of halogens is 2. The van der Waals surface area contributed by atoms with Crippen LogP contribution in [0.15, 0.2) is 42.0 Å². The molecule has 2 aromatic heterocycles. The zero-order chi connectivity index (χ0) is 18.5. The van der Waals surface area contributed by atoms with Crippen molar-refractivity contribution < 1.29 is 9.53 Å². The predicted octanol–water partition coefficient (Wildman–Crippen LogP) is 4.57. The fraction of sp³-hybridized carbons (Fsp3) is 0.222. The minimum absolute atomic E-state index is 0.109. The van der Waals surface area contributed by atoms with E-state index in [9.17, 15) is 4.79 Å². The summed E-state index contributed by atoms with van der Waals surface area (Å²) in [7, 11) is 0. The molecule has 0 aliphatic rings. The van der Waals surface area contributed by atoms with Crippen molar-refractivity contribution in [3.63, 3.8) is 0 Å². The molecular formula is C18H17Cl2N3O2S. The Hall–Kier alpha value is -2.02. The van der Waals surface area contributed by atoms with Crippen molar-refractivity contribution in [1.29, 1.82) is 0 Å². The van der Waals surface area contributed by atoms with Gasteiger partial charge in [-0.1, -0.05) is 23.2 Å². The number of thiophene rings is 1. The van der Waals surface area contributed by atoms with Crippen LogP contribution in [-0.4, -0.2) is 22.2 Å². The number of rotatable bonds is 7. The normalized spacial score (nSPS) is 10.7. The Morgan fingerprint density at radius 3 is 2.92 bits per heavy atom. The highest BCUT2D eigenvalue weighted by Gasteiger charge is 2.09. The number of ether oxygens (including phenoxy) is 1. The minimum Gasteiger partial charge on any atom is -0.489 e. The Morgan fingerprint density at radius 1 is 1.35 bits per heavy atom. The summed E-state index contributed by atoms with van der Waals surface area (Å²) in [5.41, 5.74) is 1.92. The van der Waals surface area contributed by atoms with Gasteiger partial charge in [0.05, 0.1) is 22.6 Å². The van der Waals surface area contributed by atoms with Gasteiger partial charge in [-0.25, -0.2) is 0 Å². The first-order chi connectivity index (χ1) is 12.5. The molecule has 26 heavy (non-hydrogen) atoms. The number of carbonyl (C=O) groups is 1. The lowest BCUT2D eigenvalue weighted by molar-refractivity contribution is 0.0956. The van der Waals surface area contributed by atoms with Crippen molar-refractivity contribution in [2.24, 2.45) is 0 Å². The monoisotopic (exact) mass is 409 g/mol.